The van der Waals surface area contributed by atoms with E-state index in [4.69, 9.17) is 5.73 Å². The van der Waals surface area contributed by atoms with Crippen LogP contribution in [0.1, 0.15) is 32.7 Å². The zero-order chi connectivity index (χ0) is 19.4. The van der Waals surface area contributed by atoms with Gasteiger partial charge in [0.15, 0.2) is 0 Å². The third kappa shape index (κ3) is 3.89. The van der Waals surface area contributed by atoms with E-state index < -0.39 is 6.09 Å². The van der Waals surface area contributed by atoms with Gasteiger partial charge in [0.05, 0.1) is 17.7 Å². The molecule has 27 heavy (non-hydrogen) atoms. The fourth-order valence-electron chi connectivity index (χ4n) is 3.03. The summed E-state index contributed by atoms with van der Waals surface area (Å²) in [5.74, 6) is -0.675. The third-order valence-electron chi connectivity index (χ3n) is 4.37. The van der Waals surface area contributed by atoms with E-state index in [9.17, 15) is 19.2 Å². The smallest absolute Gasteiger partial charge is 0.404 e. The van der Waals surface area contributed by atoms with Crippen LogP contribution < -0.4 is 11.3 Å². The molecule has 0 atom stereocenters. The molecular formula is C19H19N3O5. The van der Waals surface area contributed by atoms with E-state index in [-0.39, 0.29) is 36.9 Å². The van der Waals surface area contributed by atoms with Crippen LogP contribution in [-0.2, 0) is 17.7 Å². The number of hydrogen-bond donors (Lipinski definition) is 1. The Morgan fingerprint density at radius 3 is 2.26 bits per heavy atom. The zero-order valence-corrected chi connectivity index (χ0v) is 14.6. The van der Waals surface area contributed by atoms with Crippen molar-refractivity contribution in [1.29, 1.82) is 0 Å². The second-order valence-corrected chi connectivity index (χ2v) is 6.11. The number of nitrogens with two attached hydrogens (primary N) is 1. The highest BCUT2D eigenvalue weighted by molar-refractivity contribution is 6.21. The predicted molar refractivity (Wildman–Crippen MR) is 96.4 cm³/mol. The minimum absolute atomic E-state index is 0.126. The lowest BCUT2D eigenvalue weighted by molar-refractivity contribution is 0.0655. The summed E-state index contributed by atoms with van der Waals surface area (Å²) >= 11 is 0. The lowest BCUT2D eigenvalue weighted by Crippen LogP contribution is -2.33. The molecule has 0 unspecified atom stereocenters. The molecule has 2 aromatic rings. The number of amides is 3. The summed E-state index contributed by atoms with van der Waals surface area (Å²) in [5.41, 5.74) is 5.98. The Morgan fingerprint density at radius 1 is 0.963 bits per heavy atom. The number of fused-ring (bicyclic) bond motifs is 1. The van der Waals surface area contributed by atoms with Crippen molar-refractivity contribution in [2.75, 3.05) is 13.2 Å². The average Bonchev–Trinajstić information content (AvgIpc) is 2.90. The van der Waals surface area contributed by atoms with Crippen LogP contribution in [0.2, 0.25) is 0 Å². The molecule has 8 nitrogen and oxygen atoms in total. The Hall–Kier alpha value is -3.42. The largest absolute Gasteiger partial charge is 0.450 e. The van der Waals surface area contributed by atoms with E-state index in [0.29, 0.717) is 29.7 Å². The number of ether oxygens (including phenoxy) is 1. The normalized spacial score (nSPS) is 13.0. The lowest BCUT2D eigenvalue weighted by Gasteiger charge is -2.14. The number of carbonyl (C=O) groups is 3. The summed E-state index contributed by atoms with van der Waals surface area (Å²) in [5, 5.41) is 0. The minimum Gasteiger partial charge on any atom is -0.450 e. The number of aromatic nitrogens is 1. The van der Waals surface area contributed by atoms with Crippen LogP contribution in [0.15, 0.2) is 47.4 Å². The maximum Gasteiger partial charge on any atom is 0.404 e. The summed E-state index contributed by atoms with van der Waals surface area (Å²) < 4.78 is 6.15. The van der Waals surface area contributed by atoms with Crippen LogP contribution in [0.3, 0.4) is 0 Å². The highest BCUT2D eigenvalue weighted by atomic mass is 16.5. The molecule has 0 bridgehead atoms. The van der Waals surface area contributed by atoms with Crippen LogP contribution in [0, 0.1) is 0 Å². The Bertz CT molecular complexity index is 915. The standard InChI is InChI=1S/C19H19N3O5/c20-19(26)27-12-4-10-21-9-3-5-13(16(21)23)8-11-22-17(24)14-6-1-2-7-15(14)18(22)25/h1-3,5-7,9H,4,8,10-12H2,(H2,20,26). The first-order valence-corrected chi connectivity index (χ1v) is 8.55. The van der Waals surface area contributed by atoms with E-state index >= 15 is 0 Å². The highest BCUT2D eigenvalue weighted by Gasteiger charge is 2.34. The van der Waals surface area contributed by atoms with Crippen molar-refractivity contribution in [3.63, 3.8) is 0 Å². The van der Waals surface area contributed by atoms with E-state index in [1.807, 2.05) is 0 Å². The van der Waals surface area contributed by atoms with E-state index in [2.05, 4.69) is 4.74 Å². The summed E-state index contributed by atoms with van der Waals surface area (Å²) in [7, 11) is 0. The molecule has 1 aromatic heterocycles. The first-order valence-electron chi connectivity index (χ1n) is 8.55. The van der Waals surface area contributed by atoms with Gasteiger partial charge in [0, 0.05) is 24.8 Å². The maximum absolute atomic E-state index is 12.5. The number of imide groups is 1. The molecule has 3 amide bonds. The topological polar surface area (TPSA) is 112 Å². The average molecular weight is 369 g/mol. The number of nitrogens with zero attached hydrogens (tertiary/aromatic N) is 2. The number of primary amides is 1. The van der Waals surface area contributed by atoms with Crippen molar-refractivity contribution >= 4 is 17.9 Å². The molecule has 8 heteroatoms. The summed E-state index contributed by atoms with van der Waals surface area (Å²) in [4.78, 5) is 49.0. The Kier molecular flexibility index (Phi) is 5.35. The van der Waals surface area contributed by atoms with Gasteiger partial charge in [-0.05, 0) is 31.0 Å². The highest BCUT2D eigenvalue weighted by Crippen LogP contribution is 2.22. The molecule has 1 aromatic carbocycles. The van der Waals surface area contributed by atoms with Crippen molar-refractivity contribution in [3.8, 4) is 0 Å². The van der Waals surface area contributed by atoms with Crippen molar-refractivity contribution in [2.45, 2.75) is 19.4 Å². The number of carbonyl (C=O) groups excluding carboxylic acids is 3. The summed E-state index contributed by atoms with van der Waals surface area (Å²) in [6.07, 6.45) is 1.50. The van der Waals surface area contributed by atoms with Crippen molar-refractivity contribution in [2.24, 2.45) is 5.73 Å². The zero-order valence-electron chi connectivity index (χ0n) is 14.6. The third-order valence-corrected chi connectivity index (χ3v) is 4.37. The van der Waals surface area contributed by atoms with Crippen LogP contribution in [0.25, 0.3) is 0 Å². The van der Waals surface area contributed by atoms with Crippen LogP contribution in [0.5, 0.6) is 0 Å². The van der Waals surface area contributed by atoms with Gasteiger partial charge in [-0.25, -0.2) is 4.79 Å². The summed E-state index contributed by atoms with van der Waals surface area (Å²) in [6.45, 7) is 0.629. The SMILES string of the molecule is NC(=O)OCCCn1cccc(CCN2C(=O)c3ccccc3C2=O)c1=O. The number of hydrogen-bond acceptors (Lipinski definition) is 5. The van der Waals surface area contributed by atoms with Crippen molar-refractivity contribution < 1.29 is 19.1 Å². The maximum atomic E-state index is 12.5. The van der Waals surface area contributed by atoms with Gasteiger partial charge < -0.3 is 15.0 Å². The van der Waals surface area contributed by atoms with Crippen LogP contribution in [0.4, 0.5) is 4.79 Å². The van der Waals surface area contributed by atoms with Gasteiger partial charge in [-0.15, -0.1) is 0 Å². The van der Waals surface area contributed by atoms with Gasteiger partial charge in [0.2, 0.25) is 0 Å². The molecule has 3 rings (SSSR count). The molecule has 2 N–H and O–H groups in total. The van der Waals surface area contributed by atoms with Crippen LogP contribution >= 0.6 is 0 Å². The predicted octanol–water partition coefficient (Wildman–Crippen LogP) is 1.17. The van der Waals surface area contributed by atoms with Gasteiger partial charge in [0.25, 0.3) is 17.4 Å². The molecule has 1 aliphatic heterocycles. The molecule has 0 fully saturated rings. The Balaban J connectivity index is 1.64. The van der Waals surface area contributed by atoms with Crippen LogP contribution in [-0.4, -0.2) is 40.5 Å². The van der Waals surface area contributed by atoms with Gasteiger partial charge in [0.1, 0.15) is 0 Å². The fourth-order valence-corrected chi connectivity index (χ4v) is 3.03. The minimum atomic E-state index is -0.850. The van der Waals surface area contributed by atoms with Gasteiger partial charge in [-0.2, -0.15) is 0 Å². The van der Waals surface area contributed by atoms with Crippen molar-refractivity contribution in [1.82, 2.24) is 9.47 Å². The summed E-state index contributed by atoms with van der Waals surface area (Å²) in [6, 6.07) is 10.1. The first-order chi connectivity index (χ1) is 13.0. The second-order valence-electron chi connectivity index (χ2n) is 6.11. The van der Waals surface area contributed by atoms with Gasteiger partial charge in [-0.1, -0.05) is 18.2 Å². The number of aryl methyl sites for hydroxylation is 1. The Morgan fingerprint density at radius 2 is 1.63 bits per heavy atom. The second kappa shape index (κ2) is 7.86. The fraction of sp³-hybridized carbons (Fsp3) is 0.263. The quantitative estimate of drug-likeness (QED) is 0.582. The Labute approximate surface area is 155 Å². The van der Waals surface area contributed by atoms with Gasteiger partial charge in [-0.3, -0.25) is 19.3 Å². The number of benzene rings is 1. The lowest BCUT2D eigenvalue weighted by atomic mass is 10.1. The van der Waals surface area contributed by atoms with E-state index in [0.717, 1.165) is 0 Å². The molecule has 2 heterocycles. The molecule has 0 aliphatic carbocycles. The molecule has 0 radical (unpaired) electrons. The molecule has 0 saturated carbocycles. The molecule has 140 valence electrons. The number of rotatable bonds is 7. The van der Waals surface area contributed by atoms with Crippen molar-refractivity contribution in [3.05, 3.63) is 69.6 Å². The van der Waals surface area contributed by atoms with E-state index in [1.165, 1.54) is 9.47 Å². The molecule has 1 aliphatic rings. The molecular weight excluding hydrogens is 350 g/mol. The number of pyridine rings is 1. The molecule has 0 spiro atoms. The first kappa shape index (κ1) is 18.4. The van der Waals surface area contributed by atoms with E-state index in [1.54, 1.807) is 42.6 Å². The van der Waals surface area contributed by atoms with Gasteiger partial charge >= 0.3 is 6.09 Å². The molecule has 0 saturated heterocycles. The monoisotopic (exact) mass is 369 g/mol.